The van der Waals surface area contributed by atoms with Crippen LogP contribution in [-0.4, -0.2) is 6.21 Å². The number of nitrogens with one attached hydrogen (secondary N) is 1. The van der Waals surface area contributed by atoms with Crippen LogP contribution in [0.15, 0.2) is 23.8 Å². The molecule has 0 rings (SSSR count). The lowest BCUT2D eigenvalue weighted by Gasteiger charge is -1.93. The van der Waals surface area contributed by atoms with Crippen molar-refractivity contribution in [3.8, 4) is 0 Å². The van der Waals surface area contributed by atoms with Crippen molar-refractivity contribution in [2.24, 2.45) is 0 Å². The average Bonchev–Trinajstić information content (AvgIpc) is 1.69. The molecule has 1 nitrogen and oxygen atoms in total. The first-order valence-corrected chi connectivity index (χ1v) is 2.55. The van der Waals surface area contributed by atoms with Gasteiger partial charge in [0.25, 0.3) is 0 Å². The van der Waals surface area contributed by atoms with E-state index in [0.717, 1.165) is 11.1 Å². The molecule has 0 aromatic heterocycles. The molecule has 0 bridgehead atoms. The Hall–Kier alpha value is -0.850. The molecule has 0 unspecified atom stereocenters. The molecule has 0 atom stereocenters. The molecule has 44 valence electrons. The lowest BCUT2D eigenvalue weighted by Crippen LogP contribution is -1.81. The second kappa shape index (κ2) is 3.19. The van der Waals surface area contributed by atoms with Gasteiger partial charge in [-0.05, 0) is 25.0 Å². The van der Waals surface area contributed by atoms with Crippen molar-refractivity contribution in [3.05, 3.63) is 23.8 Å². The Morgan fingerprint density at radius 2 is 2.12 bits per heavy atom. The minimum absolute atomic E-state index is 0.907. The van der Waals surface area contributed by atoms with E-state index in [1.54, 1.807) is 0 Å². The van der Waals surface area contributed by atoms with Crippen LogP contribution in [0.25, 0.3) is 0 Å². The molecule has 0 saturated heterocycles. The molecule has 0 radical (unpaired) electrons. The number of hydrogen-bond donors (Lipinski definition) is 1. The van der Waals surface area contributed by atoms with E-state index < -0.39 is 0 Å². The first kappa shape index (κ1) is 7.15. The second-order valence-electron chi connectivity index (χ2n) is 1.67. The van der Waals surface area contributed by atoms with Crippen molar-refractivity contribution in [2.45, 2.75) is 13.8 Å². The monoisotopic (exact) mass is 109 g/mol. The third-order valence-corrected chi connectivity index (χ3v) is 0.959. The summed E-state index contributed by atoms with van der Waals surface area (Å²) in [6, 6.07) is 0. The summed E-state index contributed by atoms with van der Waals surface area (Å²) in [6.45, 7) is 7.46. The summed E-state index contributed by atoms with van der Waals surface area (Å²) < 4.78 is 0. The highest BCUT2D eigenvalue weighted by atomic mass is 14.3. The highest BCUT2D eigenvalue weighted by Crippen LogP contribution is 2.00. The molecule has 8 heavy (non-hydrogen) atoms. The molecule has 1 N–H and O–H groups in total. The Morgan fingerprint density at radius 3 is 2.12 bits per heavy atom. The van der Waals surface area contributed by atoms with E-state index in [1.807, 2.05) is 19.9 Å². The maximum absolute atomic E-state index is 6.84. The third kappa shape index (κ3) is 1.73. The van der Waals surface area contributed by atoms with Crippen LogP contribution in [0.4, 0.5) is 0 Å². The Morgan fingerprint density at radius 1 is 1.62 bits per heavy atom. The van der Waals surface area contributed by atoms with Gasteiger partial charge in [-0.15, -0.1) is 0 Å². The lowest BCUT2D eigenvalue weighted by atomic mass is 10.1. The number of allylic oxidation sites excluding steroid dienone is 3. The van der Waals surface area contributed by atoms with Crippen LogP contribution in [-0.2, 0) is 0 Å². The van der Waals surface area contributed by atoms with Gasteiger partial charge in [0.15, 0.2) is 0 Å². The molecule has 1 heteroatoms. The molecule has 0 heterocycles. The quantitative estimate of drug-likeness (QED) is 0.415. The molecule has 0 amide bonds. The van der Waals surface area contributed by atoms with E-state index in [9.17, 15) is 0 Å². The van der Waals surface area contributed by atoms with E-state index in [2.05, 4.69) is 6.58 Å². The van der Waals surface area contributed by atoms with Gasteiger partial charge in [0.1, 0.15) is 0 Å². The van der Waals surface area contributed by atoms with Crippen LogP contribution in [0.2, 0.25) is 0 Å². The van der Waals surface area contributed by atoms with Crippen molar-refractivity contribution < 1.29 is 0 Å². The fraction of sp³-hybridized carbons (Fsp3) is 0.286. The largest absolute Gasteiger partial charge is 0.308 e. The Balaban J connectivity index is 4.13. The molecule has 0 aliphatic carbocycles. The Kier molecular flexibility index (Phi) is 2.85. The average molecular weight is 109 g/mol. The van der Waals surface area contributed by atoms with Crippen molar-refractivity contribution >= 4 is 6.21 Å². The van der Waals surface area contributed by atoms with Crippen LogP contribution in [0, 0.1) is 5.41 Å². The molecule has 0 saturated carbocycles. The fourth-order valence-electron chi connectivity index (χ4n) is 0.453. The van der Waals surface area contributed by atoms with E-state index in [4.69, 9.17) is 5.41 Å². The van der Waals surface area contributed by atoms with Gasteiger partial charge >= 0.3 is 0 Å². The van der Waals surface area contributed by atoms with Crippen LogP contribution in [0.1, 0.15) is 13.8 Å². The van der Waals surface area contributed by atoms with E-state index in [-0.39, 0.29) is 0 Å². The maximum atomic E-state index is 6.84. The summed E-state index contributed by atoms with van der Waals surface area (Å²) >= 11 is 0. The van der Waals surface area contributed by atoms with Crippen LogP contribution in [0.5, 0.6) is 0 Å². The minimum Gasteiger partial charge on any atom is -0.308 e. The smallest absolute Gasteiger partial charge is 0.0249 e. The third-order valence-electron chi connectivity index (χ3n) is 0.959. The van der Waals surface area contributed by atoms with E-state index in [0.29, 0.717) is 0 Å². The molecule has 0 aliphatic heterocycles. The first-order valence-electron chi connectivity index (χ1n) is 2.55. The van der Waals surface area contributed by atoms with E-state index in [1.165, 1.54) is 6.21 Å². The van der Waals surface area contributed by atoms with Crippen LogP contribution < -0.4 is 0 Å². The van der Waals surface area contributed by atoms with Gasteiger partial charge in [-0.1, -0.05) is 12.7 Å². The standard InChI is InChI=1S/C7H11N/c1-4-7(5-8)6(2)3/h4-5,8H,2H2,1,3H3/b7-4-,8-5?. The minimum atomic E-state index is 0.907. The predicted molar refractivity (Wildman–Crippen MR) is 37.4 cm³/mol. The van der Waals surface area contributed by atoms with Gasteiger partial charge in [0.05, 0.1) is 0 Å². The molecule has 0 fully saturated rings. The van der Waals surface area contributed by atoms with Gasteiger partial charge in [-0.2, -0.15) is 0 Å². The SMILES string of the molecule is C=C(C)/C(C=N)=C\C. The fourth-order valence-corrected chi connectivity index (χ4v) is 0.453. The zero-order chi connectivity index (χ0) is 6.57. The Bertz CT molecular complexity index is 131. The summed E-state index contributed by atoms with van der Waals surface area (Å²) in [4.78, 5) is 0. The number of hydrogen-bond acceptors (Lipinski definition) is 1. The van der Waals surface area contributed by atoms with Gasteiger partial charge in [0, 0.05) is 6.21 Å². The topological polar surface area (TPSA) is 23.9 Å². The first-order chi connectivity index (χ1) is 3.72. The van der Waals surface area contributed by atoms with Crippen molar-refractivity contribution in [2.75, 3.05) is 0 Å². The lowest BCUT2D eigenvalue weighted by molar-refractivity contribution is 1.44. The van der Waals surface area contributed by atoms with Crippen molar-refractivity contribution in [1.29, 1.82) is 5.41 Å². The van der Waals surface area contributed by atoms with Crippen LogP contribution in [0.3, 0.4) is 0 Å². The highest BCUT2D eigenvalue weighted by molar-refractivity contribution is 5.81. The highest BCUT2D eigenvalue weighted by Gasteiger charge is 1.86. The summed E-state index contributed by atoms with van der Waals surface area (Å²) in [6.07, 6.45) is 3.18. The second-order valence-corrected chi connectivity index (χ2v) is 1.67. The number of rotatable bonds is 2. The zero-order valence-corrected chi connectivity index (χ0v) is 5.36. The maximum Gasteiger partial charge on any atom is 0.0249 e. The van der Waals surface area contributed by atoms with Gasteiger partial charge in [0.2, 0.25) is 0 Å². The van der Waals surface area contributed by atoms with Gasteiger partial charge in [-0.3, -0.25) is 0 Å². The van der Waals surface area contributed by atoms with Crippen molar-refractivity contribution in [3.63, 3.8) is 0 Å². The summed E-state index contributed by atoms with van der Waals surface area (Å²) in [5.41, 5.74) is 1.85. The molecule has 0 spiro atoms. The molecular formula is C7H11N. The Labute approximate surface area is 50.2 Å². The summed E-state index contributed by atoms with van der Waals surface area (Å²) in [7, 11) is 0. The van der Waals surface area contributed by atoms with Crippen LogP contribution >= 0.6 is 0 Å². The molecule has 0 aromatic carbocycles. The van der Waals surface area contributed by atoms with E-state index >= 15 is 0 Å². The van der Waals surface area contributed by atoms with Gasteiger partial charge < -0.3 is 5.41 Å². The summed E-state index contributed by atoms with van der Waals surface area (Å²) in [5, 5.41) is 6.84. The zero-order valence-electron chi connectivity index (χ0n) is 5.36. The molecule has 0 aliphatic rings. The normalized spacial score (nSPS) is 11.0. The predicted octanol–water partition coefficient (Wildman–Crippen LogP) is 2.16. The van der Waals surface area contributed by atoms with Crippen molar-refractivity contribution in [1.82, 2.24) is 0 Å². The van der Waals surface area contributed by atoms with Gasteiger partial charge in [-0.25, -0.2) is 0 Å². The summed E-state index contributed by atoms with van der Waals surface area (Å²) in [5.74, 6) is 0. The molecule has 0 aromatic rings. The molecular weight excluding hydrogens is 98.1 g/mol.